The van der Waals surface area contributed by atoms with Crippen LogP contribution in [0.3, 0.4) is 0 Å². The smallest absolute Gasteiger partial charge is 0.253 e. The summed E-state index contributed by atoms with van der Waals surface area (Å²) in [6.45, 7) is 0. The third-order valence-electron chi connectivity index (χ3n) is 3.43. The number of hydrogen-bond donors (Lipinski definition) is 4. The monoisotopic (exact) mass is 283 g/mol. The van der Waals surface area contributed by atoms with Gasteiger partial charge in [-0.1, -0.05) is 24.4 Å². The van der Waals surface area contributed by atoms with Crippen molar-refractivity contribution in [3.8, 4) is 0 Å². The van der Waals surface area contributed by atoms with E-state index in [4.69, 9.17) is 17.4 Å². The molecule has 0 saturated heterocycles. The van der Waals surface area contributed by atoms with Gasteiger partial charge in [-0.25, -0.2) is 0 Å². The van der Waals surface area contributed by atoms with Crippen LogP contribution in [-0.4, -0.2) is 23.2 Å². The summed E-state index contributed by atoms with van der Waals surface area (Å²) in [4.78, 5) is 12.2. The number of carbonyl (C=O) groups is 1. The molecule has 2 unspecified atom stereocenters. The molecular weight excluding hydrogens is 266 g/mol. The maximum Gasteiger partial charge on any atom is 0.253 e. The lowest BCUT2D eigenvalue weighted by atomic mass is 9.92. The summed E-state index contributed by atoms with van der Waals surface area (Å²) in [7, 11) is 0. The van der Waals surface area contributed by atoms with E-state index < -0.39 is 6.10 Å². The lowest BCUT2D eigenvalue weighted by molar-refractivity contribution is 0.0718. The zero-order chi connectivity index (χ0) is 13.8. The van der Waals surface area contributed by atoms with E-state index in [1.807, 2.05) is 0 Å². The van der Waals surface area contributed by atoms with Gasteiger partial charge in [-0.3, -0.25) is 10.6 Å². The summed E-state index contributed by atoms with van der Waals surface area (Å²) in [6.07, 6.45) is 3.05. The fourth-order valence-corrected chi connectivity index (χ4v) is 2.53. The maximum absolute atomic E-state index is 12.2. The number of carbonyl (C=O) groups excluding carboxylic acids is 1. The normalized spacial score (nSPS) is 22.9. The molecule has 1 aliphatic rings. The fraction of sp³-hybridized carbons (Fsp3) is 0.462. The van der Waals surface area contributed by atoms with Gasteiger partial charge >= 0.3 is 0 Å². The highest BCUT2D eigenvalue weighted by Gasteiger charge is 2.25. The minimum Gasteiger partial charge on any atom is -0.391 e. The summed E-state index contributed by atoms with van der Waals surface area (Å²) in [5, 5.41) is 13.2. The van der Waals surface area contributed by atoms with Gasteiger partial charge in [0, 0.05) is 5.02 Å². The van der Waals surface area contributed by atoms with E-state index in [2.05, 4.69) is 10.7 Å². The number of aliphatic hydroxyl groups excluding tert-OH is 1. The number of nitrogens with two attached hydrogens (primary N) is 1. The number of nitrogen functional groups attached to an aromatic ring is 1. The minimum atomic E-state index is -0.480. The molecule has 0 aliphatic heterocycles. The predicted molar refractivity (Wildman–Crippen MR) is 75.0 cm³/mol. The molecule has 0 aromatic heterocycles. The van der Waals surface area contributed by atoms with Gasteiger partial charge < -0.3 is 15.8 Å². The summed E-state index contributed by atoms with van der Waals surface area (Å²) in [5.74, 6) is 5.10. The Hall–Kier alpha value is -1.30. The zero-order valence-corrected chi connectivity index (χ0v) is 11.3. The highest BCUT2D eigenvalue weighted by Crippen LogP contribution is 2.22. The molecule has 2 atom stereocenters. The van der Waals surface area contributed by atoms with Crippen LogP contribution in [0.5, 0.6) is 0 Å². The molecule has 0 radical (unpaired) electrons. The van der Waals surface area contributed by atoms with E-state index in [0.717, 1.165) is 25.7 Å². The summed E-state index contributed by atoms with van der Waals surface area (Å²) in [6, 6.07) is 4.66. The van der Waals surface area contributed by atoms with E-state index in [-0.39, 0.29) is 11.9 Å². The van der Waals surface area contributed by atoms with Crippen LogP contribution in [0.2, 0.25) is 5.02 Å². The summed E-state index contributed by atoms with van der Waals surface area (Å²) >= 11 is 5.89. The number of aliphatic hydroxyl groups is 1. The van der Waals surface area contributed by atoms with E-state index in [0.29, 0.717) is 16.3 Å². The largest absolute Gasteiger partial charge is 0.391 e. The second-order valence-electron chi connectivity index (χ2n) is 4.77. The van der Waals surface area contributed by atoms with Crippen molar-refractivity contribution in [2.24, 2.45) is 5.84 Å². The van der Waals surface area contributed by atoms with Crippen LogP contribution in [0.4, 0.5) is 5.69 Å². The molecule has 5 nitrogen and oxygen atoms in total. The third-order valence-corrected chi connectivity index (χ3v) is 3.66. The maximum atomic E-state index is 12.2. The van der Waals surface area contributed by atoms with Crippen molar-refractivity contribution in [3.63, 3.8) is 0 Å². The van der Waals surface area contributed by atoms with Crippen molar-refractivity contribution in [1.29, 1.82) is 0 Å². The molecule has 19 heavy (non-hydrogen) atoms. The Morgan fingerprint density at radius 2 is 2.11 bits per heavy atom. The first-order valence-electron chi connectivity index (χ1n) is 6.37. The summed E-state index contributed by atoms with van der Waals surface area (Å²) in [5.41, 5.74) is 3.36. The molecular formula is C13H18ClN3O2. The fourth-order valence-electron chi connectivity index (χ4n) is 2.36. The molecule has 1 aromatic rings. The highest BCUT2D eigenvalue weighted by atomic mass is 35.5. The molecule has 1 fully saturated rings. The number of hydrogen-bond acceptors (Lipinski definition) is 4. The molecule has 104 valence electrons. The van der Waals surface area contributed by atoms with Gasteiger partial charge in [0.2, 0.25) is 0 Å². The van der Waals surface area contributed by atoms with Crippen LogP contribution >= 0.6 is 11.6 Å². The number of benzene rings is 1. The lowest BCUT2D eigenvalue weighted by Gasteiger charge is -2.28. The van der Waals surface area contributed by atoms with Gasteiger partial charge in [-0.15, -0.1) is 0 Å². The first-order chi connectivity index (χ1) is 9.11. The lowest BCUT2D eigenvalue weighted by Crippen LogP contribution is -2.45. The number of anilines is 1. The van der Waals surface area contributed by atoms with Gasteiger partial charge in [0.1, 0.15) is 0 Å². The first-order valence-corrected chi connectivity index (χ1v) is 6.74. The van der Waals surface area contributed by atoms with Gasteiger partial charge in [-0.2, -0.15) is 0 Å². The SMILES string of the molecule is NNc1ccc(Cl)cc1C(=O)NC1CCCCC1O. The van der Waals surface area contributed by atoms with E-state index in [1.165, 1.54) is 0 Å². The van der Waals surface area contributed by atoms with Gasteiger partial charge in [-0.05, 0) is 31.0 Å². The molecule has 1 saturated carbocycles. The van der Waals surface area contributed by atoms with Crippen molar-refractivity contribution in [2.75, 3.05) is 5.43 Å². The topological polar surface area (TPSA) is 87.4 Å². The molecule has 6 heteroatoms. The quantitative estimate of drug-likeness (QED) is 0.502. The predicted octanol–water partition coefficient (Wildman–Crippen LogP) is 1.66. The number of rotatable bonds is 3. The number of hydrazine groups is 1. The molecule has 0 spiro atoms. The molecule has 5 N–H and O–H groups in total. The Balaban J connectivity index is 2.13. The third kappa shape index (κ3) is 3.37. The van der Waals surface area contributed by atoms with E-state index >= 15 is 0 Å². The Morgan fingerprint density at radius 3 is 2.79 bits per heavy atom. The van der Waals surface area contributed by atoms with Gasteiger partial charge in [0.15, 0.2) is 0 Å². The van der Waals surface area contributed by atoms with Crippen LogP contribution < -0.4 is 16.6 Å². The highest BCUT2D eigenvalue weighted by molar-refractivity contribution is 6.31. The Kier molecular flexibility index (Phi) is 4.63. The van der Waals surface area contributed by atoms with E-state index in [1.54, 1.807) is 18.2 Å². The van der Waals surface area contributed by atoms with Crippen LogP contribution in [-0.2, 0) is 0 Å². The van der Waals surface area contributed by atoms with Gasteiger partial charge in [0.25, 0.3) is 5.91 Å². The van der Waals surface area contributed by atoms with Crippen molar-refractivity contribution < 1.29 is 9.90 Å². The number of nitrogens with one attached hydrogen (secondary N) is 2. The molecule has 0 bridgehead atoms. The summed E-state index contributed by atoms with van der Waals surface area (Å²) < 4.78 is 0. The molecule has 2 rings (SSSR count). The van der Waals surface area contributed by atoms with Crippen LogP contribution in [0.15, 0.2) is 18.2 Å². The van der Waals surface area contributed by atoms with E-state index in [9.17, 15) is 9.90 Å². The van der Waals surface area contributed by atoms with Crippen LogP contribution in [0.25, 0.3) is 0 Å². The Labute approximate surface area is 117 Å². The average Bonchev–Trinajstić information content (AvgIpc) is 2.41. The first kappa shape index (κ1) is 14.1. The van der Waals surface area contributed by atoms with Crippen molar-refractivity contribution in [2.45, 2.75) is 37.8 Å². The molecule has 0 heterocycles. The number of halogens is 1. The van der Waals surface area contributed by atoms with Crippen molar-refractivity contribution in [3.05, 3.63) is 28.8 Å². The van der Waals surface area contributed by atoms with Crippen LogP contribution in [0, 0.1) is 0 Å². The molecule has 1 amide bonds. The second kappa shape index (κ2) is 6.23. The minimum absolute atomic E-state index is 0.203. The number of amides is 1. The second-order valence-corrected chi connectivity index (χ2v) is 5.20. The van der Waals surface area contributed by atoms with Crippen LogP contribution in [0.1, 0.15) is 36.0 Å². The average molecular weight is 284 g/mol. The van der Waals surface area contributed by atoms with Crippen molar-refractivity contribution in [1.82, 2.24) is 5.32 Å². The Morgan fingerprint density at radius 1 is 1.37 bits per heavy atom. The Bertz CT molecular complexity index is 467. The molecule has 1 aromatic carbocycles. The van der Waals surface area contributed by atoms with Gasteiger partial charge in [0.05, 0.1) is 23.4 Å². The standard InChI is InChI=1S/C13H18ClN3O2/c14-8-5-6-10(17-15)9(7-8)13(19)16-11-3-1-2-4-12(11)18/h5-7,11-12,17-18H,1-4,15H2,(H,16,19). The molecule has 1 aliphatic carbocycles. The zero-order valence-electron chi connectivity index (χ0n) is 10.5. The van der Waals surface area contributed by atoms with Crippen molar-refractivity contribution >= 4 is 23.2 Å².